The van der Waals surface area contributed by atoms with E-state index in [1.807, 2.05) is 20.8 Å². The molecule has 7 nitrogen and oxygen atoms in total. The third kappa shape index (κ3) is 5.93. The van der Waals surface area contributed by atoms with Crippen molar-refractivity contribution in [2.45, 2.75) is 52.1 Å². The normalized spacial score (nSPS) is 22.6. The highest BCUT2D eigenvalue weighted by Gasteiger charge is 2.26. The lowest BCUT2D eigenvalue weighted by Gasteiger charge is -2.27. The first-order valence-electron chi connectivity index (χ1n) is 6.87. The number of azide groups is 1. The highest BCUT2D eigenvalue weighted by molar-refractivity contribution is 5.79. The van der Waals surface area contributed by atoms with E-state index in [1.165, 1.54) is 0 Å². The van der Waals surface area contributed by atoms with Gasteiger partial charge in [0.25, 0.3) is 0 Å². The van der Waals surface area contributed by atoms with Crippen LogP contribution in [0, 0.1) is 11.8 Å². The zero-order valence-corrected chi connectivity index (χ0v) is 12.3. The number of carbonyl (C=O) groups excluding carboxylic acids is 2. The van der Waals surface area contributed by atoms with E-state index in [-0.39, 0.29) is 11.8 Å². The summed E-state index contributed by atoms with van der Waals surface area (Å²) in [6, 6.07) is 0. The van der Waals surface area contributed by atoms with E-state index in [0.29, 0.717) is 25.3 Å². The Morgan fingerprint density at radius 2 is 1.90 bits per heavy atom. The topological polar surface area (TPSA) is 104 Å². The predicted octanol–water partition coefficient (Wildman–Crippen LogP) is 3.15. The maximum atomic E-state index is 11.5. The van der Waals surface area contributed by atoms with Crippen molar-refractivity contribution in [1.29, 1.82) is 0 Å². The Morgan fingerprint density at radius 1 is 1.30 bits per heavy atom. The zero-order valence-electron chi connectivity index (χ0n) is 12.3. The fraction of sp³-hybridized carbons (Fsp3) is 0.846. The summed E-state index contributed by atoms with van der Waals surface area (Å²) < 4.78 is 5.16. The van der Waals surface area contributed by atoms with E-state index in [4.69, 9.17) is 10.3 Å². The van der Waals surface area contributed by atoms with Crippen LogP contribution in [0.5, 0.6) is 0 Å². The molecule has 0 aromatic heterocycles. The van der Waals surface area contributed by atoms with Crippen LogP contribution in [0.2, 0.25) is 0 Å². The summed E-state index contributed by atoms with van der Waals surface area (Å²) in [5.74, 6) is -0.188. The number of amides is 2. The van der Waals surface area contributed by atoms with E-state index in [2.05, 4.69) is 15.3 Å². The Morgan fingerprint density at radius 3 is 2.40 bits per heavy atom. The number of alkyl carbamates (subject to hydrolysis) is 1. The smallest absolute Gasteiger partial charge is 0.407 e. The van der Waals surface area contributed by atoms with E-state index >= 15 is 0 Å². The molecule has 1 rings (SSSR count). The molecule has 0 heterocycles. The van der Waals surface area contributed by atoms with Crippen LogP contribution in [0.4, 0.5) is 4.79 Å². The number of hydrogen-bond acceptors (Lipinski definition) is 3. The molecule has 1 fully saturated rings. The number of nitrogens with one attached hydrogen (secondary N) is 1. The molecule has 7 heteroatoms. The molecule has 1 saturated carbocycles. The van der Waals surface area contributed by atoms with E-state index in [0.717, 1.165) is 12.8 Å². The average molecular weight is 282 g/mol. The quantitative estimate of drug-likeness (QED) is 0.488. The SMILES string of the molecule is CC(C)(C)OC(=O)NCC1CCC(C(=O)N=[N+]=[N-])CC1. The number of ether oxygens (including phenoxy) is 1. The molecule has 0 saturated heterocycles. The molecule has 1 N–H and O–H groups in total. The van der Waals surface area contributed by atoms with E-state index in [9.17, 15) is 9.59 Å². The first-order valence-corrected chi connectivity index (χ1v) is 6.87. The van der Waals surface area contributed by atoms with Crippen molar-refractivity contribution >= 4 is 12.0 Å². The summed E-state index contributed by atoms with van der Waals surface area (Å²) in [5, 5.41) is 5.89. The third-order valence-corrected chi connectivity index (χ3v) is 3.27. The van der Waals surface area contributed by atoms with Gasteiger partial charge in [0.05, 0.1) is 0 Å². The van der Waals surface area contributed by atoms with Crippen molar-refractivity contribution in [3.05, 3.63) is 10.4 Å². The van der Waals surface area contributed by atoms with Gasteiger partial charge in [0.1, 0.15) is 5.60 Å². The third-order valence-electron chi connectivity index (χ3n) is 3.27. The molecule has 0 atom stereocenters. The van der Waals surface area contributed by atoms with Gasteiger partial charge >= 0.3 is 6.09 Å². The van der Waals surface area contributed by atoms with Gasteiger partial charge in [-0.3, -0.25) is 4.79 Å². The molecule has 112 valence electrons. The molecule has 0 radical (unpaired) electrons. The molecule has 1 aliphatic rings. The molecule has 1 aliphatic carbocycles. The van der Waals surface area contributed by atoms with Crippen molar-refractivity contribution in [3.63, 3.8) is 0 Å². The van der Waals surface area contributed by atoms with Crippen molar-refractivity contribution in [3.8, 4) is 0 Å². The minimum atomic E-state index is -0.497. The van der Waals surface area contributed by atoms with Crippen LogP contribution in [0.15, 0.2) is 5.11 Å². The van der Waals surface area contributed by atoms with Gasteiger partial charge in [-0.1, -0.05) is 0 Å². The molecular weight excluding hydrogens is 260 g/mol. The summed E-state index contributed by atoms with van der Waals surface area (Å²) >= 11 is 0. The fourth-order valence-corrected chi connectivity index (χ4v) is 2.28. The van der Waals surface area contributed by atoms with Crippen LogP contribution in [0.3, 0.4) is 0 Å². The average Bonchev–Trinajstić information content (AvgIpc) is 2.35. The van der Waals surface area contributed by atoms with Crippen LogP contribution in [0.1, 0.15) is 46.5 Å². The van der Waals surface area contributed by atoms with Gasteiger partial charge in [-0.05, 0) is 63.0 Å². The predicted molar refractivity (Wildman–Crippen MR) is 73.8 cm³/mol. The maximum absolute atomic E-state index is 11.5. The monoisotopic (exact) mass is 282 g/mol. The summed E-state index contributed by atoms with van der Waals surface area (Å²) in [4.78, 5) is 25.5. The van der Waals surface area contributed by atoms with E-state index in [1.54, 1.807) is 0 Å². The van der Waals surface area contributed by atoms with Crippen LogP contribution in [0.25, 0.3) is 10.4 Å². The molecule has 0 bridgehead atoms. The zero-order chi connectivity index (χ0) is 15.2. The second kappa shape index (κ2) is 7.14. The number of hydrogen-bond donors (Lipinski definition) is 1. The van der Waals surface area contributed by atoms with Gasteiger partial charge in [0, 0.05) is 17.4 Å². The first-order chi connectivity index (χ1) is 9.31. The first kappa shape index (κ1) is 16.3. The Labute approximate surface area is 118 Å². The lowest BCUT2D eigenvalue weighted by atomic mass is 9.81. The van der Waals surface area contributed by atoms with Crippen molar-refractivity contribution < 1.29 is 14.3 Å². The van der Waals surface area contributed by atoms with Gasteiger partial charge in [-0.25, -0.2) is 4.79 Å². The number of carbonyl (C=O) groups is 2. The van der Waals surface area contributed by atoms with Crippen molar-refractivity contribution in [2.24, 2.45) is 17.0 Å². The van der Waals surface area contributed by atoms with Crippen LogP contribution in [-0.2, 0) is 9.53 Å². The van der Waals surface area contributed by atoms with E-state index < -0.39 is 11.7 Å². The minimum absolute atomic E-state index is 0.163. The molecule has 20 heavy (non-hydrogen) atoms. The standard InChI is InChI=1S/C13H22N4O3/c1-13(2,3)20-12(19)15-8-9-4-6-10(7-5-9)11(18)16-17-14/h9-10H,4-8H2,1-3H3,(H,15,19). The van der Waals surface area contributed by atoms with Gasteiger partial charge in [-0.15, -0.1) is 0 Å². The summed E-state index contributed by atoms with van der Waals surface area (Å²) in [6.07, 6.45) is 2.68. The summed E-state index contributed by atoms with van der Waals surface area (Å²) in [7, 11) is 0. The highest BCUT2D eigenvalue weighted by atomic mass is 16.6. The Balaban J connectivity index is 2.28. The van der Waals surface area contributed by atoms with Gasteiger partial charge in [-0.2, -0.15) is 0 Å². The second-order valence-electron chi connectivity index (χ2n) is 6.13. The molecule has 0 aliphatic heterocycles. The van der Waals surface area contributed by atoms with Crippen molar-refractivity contribution in [2.75, 3.05) is 6.54 Å². The lowest BCUT2D eigenvalue weighted by Crippen LogP contribution is -2.36. The largest absolute Gasteiger partial charge is 0.444 e. The summed E-state index contributed by atoms with van der Waals surface area (Å²) in [5.41, 5.74) is 7.74. The molecule has 0 spiro atoms. The Kier molecular flexibility index (Phi) is 5.82. The highest BCUT2D eigenvalue weighted by Crippen LogP contribution is 2.29. The molecule has 0 unspecified atom stereocenters. The minimum Gasteiger partial charge on any atom is -0.444 e. The van der Waals surface area contributed by atoms with Crippen LogP contribution < -0.4 is 5.32 Å². The Hall–Kier alpha value is -1.75. The second-order valence-corrected chi connectivity index (χ2v) is 6.13. The summed E-state index contributed by atoms with van der Waals surface area (Å²) in [6.45, 7) is 6.01. The van der Waals surface area contributed by atoms with Gasteiger partial charge < -0.3 is 10.1 Å². The van der Waals surface area contributed by atoms with Crippen molar-refractivity contribution in [1.82, 2.24) is 5.32 Å². The van der Waals surface area contributed by atoms with Gasteiger partial charge in [0.15, 0.2) is 0 Å². The molecule has 2 amide bonds. The van der Waals surface area contributed by atoms with Crippen LogP contribution >= 0.6 is 0 Å². The molecular formula is C13H22N4O3. The van der Waals surface area contributed by atoms with Gasteiger partial charge in [0.2, 0.25) is 5.91 Å². The maximum Gasteiger partial charge on any atom is 0.407 e. The molecule has 0 aromatic carbocycles. The number of nitrogens with zero attached hydrogens (tertiary/aromatic N) is 3. The van der Waals surface area contributed by atoms with Crippen LogP contribution in [-0.4, -0.2) is 24.1 Å². The fourth-order valence-electron chi connectivity index (χ4n) is 2.28. The lowest BCUT2D eigenvalue weighted by molar-refractivity contribution is -0.122. The number of rotatable bonds is 3. The Bertz CT molecular complexity index is 402. The molecule has 0 aromatic rings.